The summed E-state index contributed by atoms with van der Waals surface area (Å²) in [4.78, 5) is 13.1. The van der Waals surface area contributed by atoms with E-state index in [-0.39, 0.29) is 17.3 Å². The van der Waals surface area contributed by atoms with E-state index in [1.165, 1.54) is 5.57 Å². The summed E-state index contributed by atoms with van der Waals surface area (Å²) in [5.74, 6) is 0.576. The van der Waals surface area contributed by atoms with Gasteiger partial charge in [0.2, 0.25) is 0 Å². The van der Waals surface area contributed by atoms with E-state index in [1.54, 1.807) is 0 Å². The third-order valence-electron chi connectivity index (χ3n) is 7.75. The highest BCUT2D eigenvalue weighted by atomic mass is 16.6. The van der Waals surface area contributed by atoms with Crippen LogP contribution in [0.25, 0.3) is 0 Å². The number of esters is 1. The summed E-state index contributed by atoms with van der Waals surface area (Å²) in [7, 11) is 0. The molecule has 1 N–H and O–H groups in total. The van der Waals surface area contributed by atoms with Crippen LogP contribution in [0.4, 0.5) is 0 Å². The molecule has 1 heterocycles. The van der Waals surface area contributed by atoms with Crippen LogP contribution in [0.5, 0.6) is 0 Å². The summed E-state index contributed by atoms with van der Waals surface area (Å²) in [6, 6.07) is 0. The zero-order valence-corrected chi connectivity index (χ0v) is 14.9. The molecule has 3 heteroatoms. The van der Waals surface area contributed by atoms with Gasteiger partial charge in [0, 0.05) is 0 Å². The van der Waals surface area contributed by atoms with Crippen LogP contribution in [0.2, 0.25) is 0 Å². The average molecular weight is 318 g/mol. The Morgan fingerprint density at radius 1 is 1.22 bits per heavy atom. The fourth-order valence-electron chi connectivity index (χ4n) is 6.53. The highest BCUT2D eigenvalue weighted by Crippen LogP contribution is 2.71. The van der Waals surface area contributed by atoms with Crippen molar-refractivity contribution in [1.82, 2.24) is 0 Å². The minimum atomic E-state index is -1.00. The normalized spacial score (nSPS) is 47.7. The van der Waals surface area contributed by atoms with Crippen LogP contribution < -0.4 is 0 Å². The van der Waals surface area contributed by atoms with Crippen molar-refractivity contribution in [2.75, 3.05) is 0 Å². The van der Waals surface area contributed by atoms with E-state index in [4.69, 9.17) is 4.74 Å². The lowest BCUT2D eigenvalue weighted by molar-refractivity contribution is -0.203. The molecular weight excluding hydrogens is 288 g/mol. The quantitative estimate of drug-likeness (QED) is 0.587. The molecule has 3 nitrogen and oxygen atoms in total. The molecule has 4 aliphatic rings. The summed E-state index contributed by atoms with van der Waals surface area (Å²) in [6.45, 7) is 8.93. The maximum atomic E-state index is 13.1. The summed E-state index contributed by atoms with van der Waals surface area (Å²) in [5.41, 5.74) is -0.993. The van der Waals surface area contributed by atoms with Gasteiger partial charge in [-0.05, 0) is 61.9 Å². The molecule has 2 bridgehead atoms. The Kier molecular flexibility index (Phi) is 3.01. The molecule has 0 aromatic rings. The van der Waals surface area contributed by atoms with Crippen LogP contribution in [0, 0.1) is 22.7 Å². The van der Waals surface area contributed by atoms with Gasteiger partial charge < -0.3 is 9.84 Å². The van der Waals surface area contributed by atoms with Gasteiger partial charge in [-0.3, -0.25) is 4.79 Å². The zero-order chi connectivity index (χ0) is 16.7. The molecule has 1 spiro atoms. The van der Waals surface area contributed by atoms with Crippen LogP contribution in [0.15, 0.2) is 11.6 Å². The van der Waals surface area contributed by atoms with Crippen LogP contribution in [-0.2, 0) is 9.53 Å². The van der Waals surface area contributed by atoms with Crippen LogP contribution in [0.1, 0.15) is 72.6 Å². The lowest BCUT2D eigenvalue weighted by Crippen LogP contribution is -2.68. The first-order chi connectivity index (χ1) is 10.7. The van der Waals surface area contributed by atoms with E-state index in [1.807, 2.05) is 0 Å². The first kappa shape index (κ1) is 15.7. The standard InChI is InChI=1S/C20H30O3/c1-13(2)14-6-11-20(22)18(12-14)10-7-15-17(3,4)8-5-9-19(15,20)16(21)23-18/h12-13,15,22H,5-11H2,1-4H3/t15-,18+,19-,20+/m0/s1. The maximum Gasteiger partial charge on any atom is 0.316 e. The lowest BCUT2D eigenvalue weighted by Gasteiger charge is -2.60. The first-order valence-corrected chi connectivity index (χ1v) is 9.36. The Labute approximate surface area is 139 Å². The van der Waals surface area contributed by atoms with Gasteiger partial charge in [-0.25, -0.2) is 0 Å². The highest BCUT2D eigenvalue weighted by molar-refractivity contribution is 5.84. The van der Waals surface area contributed by atoms with E-state index in [0.29, 0.717) is 12.3 Å². The summed E-state index contributed by atoms with van der Waals surface area (Å²) >= 11 is 0. The maximum absolute atomic E-state index is 13.1. The van der Waals surface area contributed by atoms with Gasteiger partial charge in [-0.1, -0.05) is 39.7 Å². The molecule has 1 saturated heterocycles. The van der Waals surface area contributed by atoms with Crippen molar-refractivity contribution < 1.29 is 14.6 Å². The van der Waals surface area contributed by atoms with Crippen molar-refractivity contribution in [2.24, 2.45) is 22.7 Å². The van der Waals surface area contributed by atoms with Gasteiger partial charge in [-0.15, -0.1) is 0 Å². The van der Waals surface area contributed by atoms with Gasteiger partial charge in [0.25, 0.3) is 0 Å². The van der Waals surface area contributed by atoms with E-state index >= 15 is 0 Å². The van der Waals surface area contributed by atoms with Crippen LogP contribution in [-0.4, -0.2) is 22.3 Å². The van der Waals surface area contributed by atoms with Crippen LogP contribution >= 0.6 is 0 Å². The third kappa shape index (κ3) is 1.63. The Balaban J connectivity index is 1.89. The third-order valence-corrected chi connectivity index (χ3v) is 7.75. The number of rotatable bonds is 1. The van der Waals surface area contributed by atoms with Gasteiger partial charge in [0.1, 0.15) is 11.0 Å². The molecule has 0 amide bonds. The van der Waals surface area contributed by atoms with Gasteiger partial charge in [-0.2, -0.15) is 0 Å². The van der Waals surface area contributed by atoms with E-state index in [0.717, 1.165) is 38.5 Å². The predicted molar refractivity (Wildman–Crippen MR) is 88.7 cm³/mol. The second kappa shape index (κ2) is 4.41. The minimum absolute atomic E-state index is 0.103. The molecule has 0 aromatic heterocycles. The fraction of sp³-hybridized carbons (Fsp3) is 0.850. The van der Waals surface area contributed by atoms with Crippen LogP contribution in [0.3, 0.4) is 0 Å². The second-order valence-electron chi connectivity index (χ2n) is 9.42. The molecule has 4 rings (SSSR count). The number of carbonyl (C=O) groups is 1. The summed E-state index contributed by atoms with van der Waals surface area (Å²) in [6.07, 6.45) is 8.43. The molecule has 3 fully saturated rings. The monoisotopic (exact) mass is 318 g/mol. The lowest BCUT2D eigenvalue weighted by atomic mass is 9.42. The zero-order valence-electron chi connectivity index (χ0n) is 14.9. The number of hydrogen-bond donors (Lipinski definition) is 1. The van der Waals surface area contributed by atoms with Crippen molar-refractivity contribution >= 4 is 5.97 Å². The first-order valence-electron chi connectivity index (χ1n) is 9.36. The molecule has 23 heavy (non-hydrogen) atoms. The highest BCUT2D eigenvalue weighted by Gasteiger charge is 2.79. The summed E-state index contributed by atoms with van der Waals surface area (Å²) in [5, 5.41) is 11.9. The van der Waals surface area contributed by atoms with Gasteiger partial charge in [0.05, 0.1) is 0 Å². The number of hydrogen-bond acceptors (Lipinski definition) is 3. The number of ether oxygens (including phenoxy) is 1. The Morgan fingerprint density at radius 2 is 1.96 bits per heavy atom. The second-order valence-corrected chi connectivity index (χ2v) is 9.42. The largest absolute Gasteiger partial charge is 0.451 e. The van der Waals surface area contributed by atoms with E-state index in [9.17, 15) is 9.90 Å². The Hall–Kier alpha value is -0.830. The molecule has 0 radical (unpaired) electrons. The smallest absolute Gasteiger partial charge is 0.316 e. The summed E-state index contributed by atoms with van der Waals surface area (Å²) < 4.78 is 6.05. The van der Waals surface area contributed by atoms with Crippen molar-refractivity contribution in [3.8, 4) is 0 Å². The molecular formula is C20H30O3. The molecule has 0 aromatic carbocycles. The molecule has 1 aliphatic heterocycles. The predicted octanol–water partition coefficient (Wildman–Crippen LogP) is 4.00. The van der Waals surface area contributed by atoms with Crippen molar-refractivity contribution in [3.05, 3.63) is 11.6 Å². The molecule has 3 aliphatic carbocycles. The topological polar surface area (TPSA) is 46.5 Å². The number of allylic oxidation sites excluding steroid dienone is 1. The number of aliphatic hydroxyl groups is 1. The molecule has 128 valence electrons. The van der Waals surface area contributed by atoms with Crippen molar-refractivity contribution in [2.45, 2.75) is 83.8 Å². The van der Waals surface area contributed by atoms with Crippen molar-refractivity contribution in [1.29, 1.82) is 0 Å². The number of carbonyl (C=O) groups excluding carboxylic acids is 1. The molecule has 4 atom stereocenters. The Bertz CT molecular complexity index is 590. The van der Waals surface area contributed by atoms with Gasteiger partial charge in [0.15, 0.2) is 5.60 Å². The average Bonchev–Trinajstić information content (AvgIpc) is 2.56. The minimum Gasteiger partial charge on any atom is -0.451 e. The fourth-order valence-corrected chi connectivity index (χ4v) is 6.53. The van der Waals surface area contributed by atoms with Crippen molar-refractivity contribution in [3.63, 3.8) is 0 Å². The SMILES string of the molecule is CC(C)C1=C[C@@]23CC[C@H]4C(C)(C)CCC[C@]4(C(=O)O2)[C@@]3(O)CC1. The molecule has 0 unspecified atom stereocenters. The van der Waals surface area contributed by atoms with Gasteiger partial charge >= 0.3 is 5.97 Å². The Morgan fingerprint density at radius 3 is 2.65 bits per heavy atom. The van der Waals surface area contributed by atoms with E-state index in [2.05, 4.69) is 33.8 Å². The molecule has 2 saturated carbocycles. The van der Waals surface area contributed by atoms with E-state index < -0.39 is 16.6 Å².